The molecule has 0 amide bonds. The molecule has 1 unspecified atom stereocenters. The minimum Gasteiger partial charge on any atom is -0.376 e. The van der Waals surface area contributed by atoms with Crippen LogP contribution in [0.5, 0.6) is 0 Å². The molecule has 2 aromatic rings. The summed E-state index contributed by atoms with van der Waals surface area (Å²) >= 11 is 0. The molecule has 3 rings (SSSR count). The number of benzene rings is 2. The number of halogens is 1. The molecule has 4 N–H and O–H groups in total. The summed E-state index contributed by atoms with van der Waals surface area (Å²) in [6.07, 6.45) is 2.14. The lowest BCUT2D eigenvalue weighted by atomic mass is 10.2. The first kappa shape index (κ1) is 26.0. The topological polar surface area (TPSA) is 149 Å². The second-order valence-electron chi connectivity index (χ2n) is 7.15. The van der Waals surface area contributed by atoms with Crippen molar-refractivity contribution in [3.63, 3.8) is 0 Å². The molecule has 1 aliphatic heterocycles. The van der Waals surface area contributed by atoms with Crippen molar-refractivity contribution < 1.29 is 18.1 Å². The smallest absolute Gasteiger partial charge is 0.269 e. The Bertz CT molecular complexity index is 1020. The van der Waals surface area contributed by atoms with Gasteiger partial charge in [0.15, 0.2) is 5.96 Å². The Morgan fingerprint density at radius 1 is 1.12 bits per heavy atom. The SMILES string of the molecule is I.NS(=O)(=O)c1ccc(CN=C(NCc2ccc([N+](=O)[O-])cc2)NCC2CCCO2)cc1. The maximum Gasteiger partial charge on any atom is 0.269 e. The number of nitrogens with one attached hydrogen (secondary N) is 2. The van der Waals surface area contributed by atoms with Crippen molar-refractivity contribution in [3.8, 4) is 0 Å². The van der Waals surface area contributed by atoms with Crippen LogP contribution in [0.2, 0.25) is 0 Å². The zero-order chi connectivity index (χ0) is 22.3. The first-order chi connectivity index (χ1) is 14.8. The van der Waals surface area contributed by atoms with Gasteiger partial charge in [-0.3, -0.25) is 10.1 Å². The number of nitro groups is 1. The Morgan fingerprint density at radius 3 is 2.34 bits per heavy atom. The standard InChI is InChI=1S/C20H25N5O5S.HI/c21-31(28,29)19-9-5-16(6-10-19)13-23-20(24-14-18-2-1-11-30-18)22-12-15-3-7-17(8-4-15)25(26)27;/h3-10,18H,1-2,11-14H2,(H2,21,28,29)(H2,22,23,24);1H. The quantitative estimate of drug-likeness (QED) is 0.144. The zero-order valence-corrected chi connectivity index (χ0v) is 20.4. The van der Waals surface area contributed by atoms with Crippen LogP contribution in [0, 0.1) is 10.1 Å². The third-order valence-electron chi connectivity index (χ3n) is 4.80. The van der Waals surface area contributed by atoms with Gasteiger partial charge in [-0.25, -0.2) is 18.5 Å². The molecule has 1 saturated heterocycles. The molecule has 174 valence electrons. The molecule has 12 heteroatoms. The highest BCUT2D eigenvalue weighted by molar-refractivity contribution is 14.0. The van der Waals surface area contributed by atoms with Crippen molar-refractivity contribution in [2.75, 3.05) is 13.2 Å². The molecule has 0 saturated carbocycles. The van der Waals surface area contributed by atoms with E-state index in [1.54, 1.807) is 24.3 Å². The molecule has 1 aliphatic rings. The third-order valence-corrected chi connectivity index (χ3v) is 5.73. The first-order valence-corrected chi connectivity index (χ1v) is 11.3. The Hall–Kier alpha value is -2.29. The summed E-state index contributed by atoms with van der Waals surface area (Å²) in [6.45, 7) is 2.12. The molecule has 0 aliphatic carbocycles. The van der Waals surface area contributed by atoms with E-state index in [2.05, 4.69) is 15.6 Å². The summed E-state index contributed by atoms with van der Waals surface area (Å²) in [7, 11) is -3.73. The lowest BCUT2D eigenvalue weighted by Crippen LogP contribution is -2.40. The maximum atomic E-state index is 11.4. The normalized spacial score (nSPS) is 16.3. The number of hydrogen-bond acceptors (Lipinski definition) is 6. The fourth-order valence-electron chi connectivity index (χ4n) is 3.07. The van der Waals surface area contributed by atoms with Crippen LogP contribution in [0.1, 0.15) is 24.0 Å². The second kappa shape index (κ2) is 12.1. The molecule has 0 radical (unpaired) electrons. The van der Waals surface area contributed by atoms with E-state index < -0.39 is 14.9 Å². The molecule has 32 heavy (non-hydrogen) atoms. The minimum absolute atomic E-state index is 0. The zero-order valence-electron chi connectivity index (χ0n) is 17.3. The van der Waals surface area contributed by atoms with E-state index >= 15 is 0 Å². The lowest BCUT2D eigenvalue weighted by molar-refractivity contribution is -0.384. The number of rotatable bonds is 8. The molecule has 1 heterocycles. The number of aliphatic imine (C=N–C) groups is 1. The highest BCUT2D eigenvalue weighted by Crippen LogP contribution is 2.13. The van der Waals surface area contributed by atoms with Crippen LogP contribution < -0.4 is 15.8 Å². The number of ether oxygens (including phenoxy) is 1. The van der Waals surface area contributed by atoms with Gasteiger partial charge in [0.2, 0.25) is 10.0 Å². The number of hydrogen-bond donors (Lipinski definition) is 3. The lowest BCUT2D eigenvalue weighted by Gasteiger charge is -2.16. The number of nitro benzene ring substituents is 1. The average Bonchev–Trinajstić information content (AvgIpc) is 3.27. The Labute approximate surface area is 203 Å². The van der Waals surface area contributed by atoms with Gasteiger partial charge < -0.3 is 15.4 Å². The average molecular weight is 575 g/mol. The van der Waals surface area contributed by atoms with Gasteiger partial charge in [0.05, 0.1) is 22.5 Å². The summed E-state index contributed by atoms with van der Waals surface area (Å²) in [5.74, 6) is 0.560. The minimum atomic E-state index is -3.73. The summed E-state index contributed by atoms with van der Waals surface area (Å²) in [6, 6.07) is 12.5. The van der Waals surface area contributed by atoms with Crippen LogP contribution in [-0.4, -0.2) is 38.6 Å². The summed E-state index contributed by atoms with van der Waals surface area (Å²) < 4.78 is 28.4. The molecule has 10 nitrogen and oxygen atoms in total. The number of non-ortho nitro benzene ring substituents is 1. The maximum absolute atomic E-state index is 11.4. The van der Waals surface area contributed by atoms with Crippen molar-refractivity contribution in [1.82, 2.24) is 10.6 Å². The molecule has 0 spiro atoms. The molecule has 0 bridgehead atoms. The number of nitrogens with two attached hydrogens (primary N) is 1. The van der Waals surface area contributed by atoms with Crippen LogP contribution in [0.25, 0.3) is 0 Å². The summed E-state index contributed by atoms with van der Waals surface area (Å²) in [5.41, 5.74) is 1.73. The van der Waals surface area contributed by atoms with Gasteiger partial charge in [0.25, 0.3) is 5.69 Å². The van der Waals surface area contributed by atoms with Gasteiger partial charge in [-0.2, -0.15) is 0 Å². The molecular formula is C20H26IN5O5S. The number of nitrogens with zero attached hydrogens (tertiary/aromatic N) is 2. The monoisotopic (exact) mass is 575 g/mol. The van der Waals surface area contributed by atoms with E-state index in [0.29, 0.717) is 25.6 Å². The van der Waals surface area contributed by atoms with E-state index in [9.17, 15) is 18.5 Å². The van der Waals surface area contributed by atoms with Crippen molar-refractivity contribution in [2.45, 2.75) is 36.9 Å². The van der Waals surface area contributed by atoms with E-state index in [1.807, 2.05) is 0 Å². The van der Waals surface area contributed by atoms with Gasteiger partial charge in [0, 0.05) is 31.8 Å². The molecular weight excluding hydrogens is 549 g/mol. The third kappa shape index (κ3) is 8.00. The molecule has 2 aromatic carbocycles. The fourth-order valence-corrected chi connectivity index (χ4v) is 3.58. The van der Waals surface area contributed by atoms with Crippen LogP contribution in [0.3, 0.4) is 0 Å². The first-order valence-electron chi connectivity index (χ1n) is 9.80. The highest BCUT2D eigenvalue weighted by atomic mass is 127. The van der Waals surface area contributed by atoms with Crippen LogP contribution in [-0.2, 0) is 27.8 Å². The van der Waals surface area contributed by atoms with E-state index in [0.717, 1.165) is 30.6 Å². The molecule has 1 atom stereocenters. The van der Waals surface area contributed by atoms with E-state index in [-0.39, 0.29) is 40.7 Å². The summed E-state index contributed by atoms with van der Waals surface area (Å²) in [5, 5.41) is 22.4. The Kier molecular flexibility index (Phi) is 9.81. The van der Waals surface area contributed by atoms with Gasteiger partial charge in [0.1, 0.15) is 0 Å². The Morgan fingerprint density at radius 2 is 1.78 bits per heavy atom. The molecule has 1 fully saturated rings. The molecule has 0 aromatic heterocycles. The van der Waals surface area contributed by atoms with Crippen molar-refractivity contribution in [3.05, 3.63) is 69.8 Å². The van der Waals surface area contributed by atoms with Crippen molar-refractivity contribution in [1.29, 1.82) is 0 Å². The van der Waals surface area contributed by atoms with E-state index in [4.69, 9.17) is 9.88 Å². The van der Waals surface area contributed by atoms with Crippen molar-refractivity contribution >= 4 is 45.6 Å². The predicted molar refractivity (Wildman–Crippen MR) is 131 cm³/mol. The second-order valence-corrected chi connectivity index (χ2v) is 8.71. The largest absolute Gasteiger partial charge is 0.376 e. The highest BCUT2D eigenvalue weighted by Gasteiger charge is 2.15. The van der Waals surface area contributed by atoms with Crippen LogP contribution in [0.4, 0.5) is 5.69 Å². The number of sulfonamides is 1. The van der Waals surface area contributed by atoms with E-state index in [1.165, 1.54) is 24.3 Å². The number of primary sulfonamides is 1. The predicted octanol–water partition coefficient (Wildman–Crippen LogP) is 2.27. The van der Waals surface area contributed by atoms with Gasteiger partial charge in [-0.1, -0.05) is 24.3 Å². The van der Waals surface area contributed by atoms with Gasteiger partial charge >= 0.3 is 0 Å². The van der Waals surface area contributed by atoms with Crippen LogP contribution >= 0.6 is 24.0 Å². The fraction of sp³-hybridized carbons (Fsp3) is 0.350. The van der Waals surface area contributed by atoms with Crippen LogP contribution in [0.15, 0.2) is 58.4 Å². The van der Waals surface area contributed by atoms with Gasteiger partial charge in [-0.05, 0) is 36.1 Å². The summed E-state index contributed by atoms with van der Waals surface area (Å²) in [4.78, 5) is 15.0. The number of guanidine groups is 1. The Balaban J connectivity index is 0.00000363. The van der Waals surface area contributed by atoms with Gasteiger partial charge in [-0.15, -0.1) is 24.0 Å². The van der Waals surface area contributed by atoms with Crippen molar-refractivity contribution in [2.24, 2.45) is 10.1 Å².